The highest BCUT2D eigenvalue weighted by Crippen LogP contribution is 2.25. The summed E-state index contributed by atoms with van der Waals surface area (Å²) in [6, 6.07) is 4.62. The molecule has 1 aromatic carbocycles. The Kier molecular flexibility index (Phi) is 6.87. The lowest BCUT2D eigenvalue weighted by Crippen LogP contribution is -2.50. The van der Waals surface area contributed by atoms with Crippen molar-refractivity contribution in [2.45, 2.75) is 12.8 Å². The van der Waals surface area contributed by atoms with Crippen molar-refractivity contribution in [2.24, 2.45) is 0 Å². The average molecular weight is 422 g/mol. The normalized spacial score (nSPS) is 16.4. The summed E-state index contributed by atoms with van der Waals surface area (Å²) in [5.41, 5.74) is 0.943. The molecule has 4 amide bonds. The molecule has 0 aromatic heterocycles. The maximum Gasteiger partial charge on any atom is 0.261 e. The Balaban J connectivity index is 1.67. The molecular formula is C20H24ClN3O5. The van der Waals surface area contributed by atoms with E-state index in [0.717, 1.165) is 0 Å². The number of imide groups is 1. The number of halogens is 1. The molecule has 29 heavy (non-hydrogen) atoms. The van der Waals surface area contributed by atoms with Crippen LogP contribution in [0, 0.1) is 0 Å². The minimum atomic E-state index is -0.382. The molecule has 0 spiro atoms. The van der Waals surface area contributed by atoms with E-state index in [2.05, 4.69) is 0 Å². The van der Waals surface area contributed by atoms with E-state index < -0.39 is 0 Å². The Bertz CT molecular complexity index is 820. The molecule has 0 saturated carbocycles. The molecule has 9 heteroatoms. The van der Waals surface area contributed by atoms with Crippen LogP contribution < -0.4 is 0 Å². The average Bonchev–Trinajstić information content (AvgIpc) is 2.98. The van der Waals surface area contributed by atoms with Crippen LogP contribution in [0.1, 0.15) is 43.9 Å². The van der Waals surface area contributed by atoms with Crippen molar-refractivity contribution in [3.8, 4) is 0 Å². The van der Waals surface area contributed by atoms with Crippen molar-refractivity contribution in [1.82, 2.24) is 14.7 Å². The van der Waals surface area contributed by atoms with E-state index in [9.17, 15) is 19.2 Å². The molecule has 2 aliphatic rings. The highest BCUT2D eigenvalue weighted by molar-refractivity contribution is 6.22. The Hall–Kier alpha value is -2.45. The minimum Gasteiger partial charge on any atom is -0.385 e. The van der Waals surface area contributed by atoms with E-state index in [1.54, 1.807) is 29.0 Å². The van der Waals surface area contributed by atoms with E-state index in [1.165, 1.54) is 11.0 Å². The van der Waals surface area contributed by atoms with Crippen molar-refractivity contribution in [1.29, 1.82) is 0 Å². The Morgan fingerprint density at radius 3 is 2.34 bits per heavy atom. The van der Waals surface area contributed by atoms with Crippen molar-refractivity contribution < 1.29 is 23.9 Å². The topological polar surface area (TPSA) is 87.2 Å². The first kappa shape index (κ1) is 21.3. The number of hydrogen-bond donors (Lipinski definition) is 0. The second-order valence-electron chi connectivity index (χ2n) is 6.98. The largest absolute Gasteiger partial charge is 0.385 e. The summed E-state index contributed by atoms with van der Waals surface area (Å²) in [7, 11) is 1.56. The summed E-state index contributed by atoms with van der Waals surface area (Å²) >= 11 is 5.62. The number of carbonyl (C=O) groups is 4. The Morgan fingerprint density at radius 1 is 1.03 bits per heavy atom. The van der Waals surface area contributed by atoms with Gasteiger partial charge in [0.25, 0.3) is 17.7 Å². The Labute approximate surface area is 174 Å². The first-order chi connectivity index (χ1) is 14.0. The van der Waals surface area contributed by atoms with Gasteiger partial charge in [-0.2, -0.15) is 0 Å². The third kappa shape index (κ3) is 4.43. The van der Waals surface area contributed by atoms with Gasteiger partial charge in [-0.1, -0.05) is 0 Å². The fourth-order valence-corrected chi connectivity index (χ4v) is 3.74. The summed E-state index contributed by atoms with van der Waals surface area (Å²) in [4.78, 5) is 54.4. The molecule has 156 valence electrons. The first-order valence-electron chi connectivity index (χ1n) is 9.60. The minimum absolute atomic E-state index is 0.0118. The molecule has 0 aliphatic carbocycles. The van der Waals surface area contributed by atoms with Gasteiger partial charge in [-0.05, 0) is 24.6 Å². The molecule has 0 radical (unpaired) electrons. The summed E-state index contributed by atoms with van der Waals surface area (Å²) in [6.45, 7) is 2.48. The van der Waals surface area contributed by atoms with Crippen LogP contribution in [0.25, 0.3) is 0 Å². The van der Waals surface area contributed by atoms with Crippen LogP contribution in [0.5, 0.6) is 0 Å². The summed E-state index contributed by atoms with van der Waals surface area (Å²) in [6.07, 6.45) is 0.845. The van der Waals surface area contributed by atoms with Crippen LogP contribution in [0.4, 0.5) is 0 Å². The van der Waals surface area contributed by atoms with Gasteiger partial charge < -0.3 is 14.5 Å². The van der Waals surface area contributed by atoms with Gasteiger partial charge in [0.15, 0.2) is 0 Å². The lowest BCUT2D eigenvalue weighted by Gasteiger charge is -2.34. The maximum atomic E-state index is 12.9. The van der Waals surface area contributed by atoms with E-state index in [1.807, 2.05) is 0 Å². The molecule has 0 unspecified atom stereocenters. The van der Waals surface area contributed by atoms with Gasteiger partial charge in [-0.15, -0.1) is 11.6 Å². The summed E-state index contributed by atoms with van der Waals surface area (Å²) < 4.78 is 4.97. The molecule has 1 saturated heterocycles. The van der Waals surface area contributed by atoms with Crippen LogP contribution in [-0.2, 0) is 9.53 Å². The van der Waals surface area contributed by atoms with Gasteiger partial charge in [0.1, 0.15) is 0 Å². The first-order valence-corrected chi connectivity index (χ1v) is 10.1. The van der Waals surface area contributed by atoms with Crippen LogP contribution in [0.15, 0.2) is 18.2 Å². The quantitative estimate of drug-likeness (QED) is 0.375. The second-order valence-corrected chi connectivity index (χ2v) is 7.36. The van der Waals surface area contributed by atoms with Crippen LogP contribution in [0.3, 0.4) is 0 Å². The highest BCUT2D eigenvalue weighted by Gasteiger charge is 2.36. The van der Waals surface area contributed by atoms with E-state index in [-0.39, 0.29) is 48.0 Å². The van der Waals surface area contributed by atoms with Crippen molar-refractivity contribution >= 4 is 35.2 Å². The van der Waals surface area contributed by atoms with E-state index >= 15 is 0 Å². The number of benzene rings is 1. The summed E-state index contributed by atoms with van der Waals surface area (Å²) in [5, 5.41) is 0. The summed E-state index contributed by atoms with van der Waals surface area (Å²) in [5.74, 6) is -0.668. The predicted octanol–water partition coefficient (Wildman–Crippen LogP) is 1.23. The molecule has 1 aromatic rings. The number of carbonyl (C=O) groups excluding carboxylic acids is 4. The number of rotatable bonds is 7. The molecule has 3 rings (SSSR count). The predicted molar refractivity (Wildman–Crippen MR) is 106 cm³/mol. The second kappa shape index (κ2) is 9.37. The van der Waals surface area contributed by atoms with Crippen molar-refractivity contribution in [3.63, 3.8) is 0 Å². The van der Waals surface area contributed by atoms with E-state index in [0.29, 0.717) is 50.3 Å². The van der Waals surface area contributed by atoms with Crippen molar-refractivity contribution in [3.05, 3.63) is 34.9 Å². The number of ether oxygens (including phenoxy) is 1. The Morgan fingerprint density at radius 2 is 1.69 bits per heavy atom. The number of methoxy groups -OCH3 is 1. The van der Waals surface area contributed by atoms with Crippen LogP contribution in [0.2, 0.25) is 0 Å². The SMILES string of the molecule is COCCCN1C(=O)c2ccc(C(=O)N3CCN(C(=O)CCCl)CC3)cc2C1=O. The molecular weight excluding hydrogens is 398 g/mol. The standard InChI is InChI=1S/C20H24ClN3O5/c1-29-12-2-7-24-19(27)15-4-3-14(13-16(15)20(24)28)18(26)23-10-8-22(9-11-23)17(25)5-6-21/h3-4,13H,2,5-12H2,1H3. The zero-order valence-corrected chi connectivity index (χ0v) is 17.1. The van der Waals surface area contributed by atoms with Crippen LogP contribution in [-0.4, -0.2) is 90.6 Å². The van der Waals surface area contributed by atoms with Crippen molar-refractivity contribution in [2.75, 3.05) is 52.3 Å². The fourth-order valence-electron chi connectivity index (χ4n) is 3.57. The number of alkyl halides is 1. The fraction of sp³-hybridized carbons (Fsp3) is 0.500. The zero-order valence-electron chi connectivity index (χ0n) is 16.4. The number of nitrogens with zero attached hydrogens (tertiary/aromatic N) is 3. The molecule has 0 atom stereocenters. The van der Waals surface area contributed by atoms with Gasteiger partial charge in [0, 0.05) is 64.3 Å². The zero-order chi connectivity index (χ0) is 21.0. The van der Waals surface area contributed by atoms with Gasteiger partial charge in [-0.25, -0.2) is 0 Å². The smallest absolute Gasteiger partial charge is 0.261 e. The molecule has 2 heterocycles. The lowest BCUT2D eigenvalue weighted by molar-refractivity contribution is -0.132. The number of amides is 4. The van der Waals surface area contributed by atoms with E-state index in [4.69, 9.17) is 16.3 Å². The van der Waals surface area contributed by atoms with Gasteiger partial charge in [0.2, 0.25) is 5.91 Å². The highest BCUT2D eigenvalue weighted by atomic mass is 35.5. The number of hydrogen-bond acceptors (Lipinski definition) is 5. The number of piperazine rings is 1. The van der Waals surface area contributed by atoms with Crippen LogP contribution >= 0.6 is 11.6 Å². The lowest BCUT2D eigenvalue weighted by atomic mass is 10.0. The third-order valence-electron chi connectivity index (χ3n) is 5.18. The molecule has 8 nitrogen and oxygen atoms in total. The maximum absolute atomic E-state index is 12.9. The molecule has 0 N–H and O–H groups in total. The third-order valence-corrected chi connectivity index (χ3v) is 5.36. The molecule has 0 bridgehead atoms. The van der Waals surface area contributed by atoms with Gasteiger partial charge in [-0.3, -0.25) is 24.1 Å². The molecule has 1 fully saturated rings. The molecule has 2 aliphatic heterocycles. The number of fused-ring (bicyclic) bond motifs is 1. The van der Waals surface area contributed by atoms with Gasteiger partial charge in [0.05, 0.1) is 11.1 Å². The van der Waals surface area contributed by atoms with Gasteiger partial charge >= 0.3 is 0 Å². The monoisotopic (exact) mass is 421 g/mol.